The summed E-state index contributed by atoms with van der Waals surface area (Å²) >= 11 is 4.38. The van der Waals surface area contributed by atoms with Gasteiger partial charge in [0.1, 0.15) is 0 Å². The van der Waals surface area contributed by atoms with Gasteiger partial charge in [0, 0.05) is 13.5 Å². The lowest BCUT2D eigenvalue weighted by molar-refractivity contribution is -0.126. The molecule has 23 heavy (non-hydrogen) atoms. The van der Waals surface area contributed by atoms with Crippen LogP contribution in [0.15, 0.2) is 36.9 Å². The van der Waals surface area contributed by atoms with E-state index in [4.69, 9.17) is 5.41 Å². The van der Waals surface area contributed by atoms with Gasteiger partial charge in [0.25, 0.3) is 0 Å². The van der Waals surface area contributed by atoms with Crippen LogP contribution in [-0.4, -0.2) is 29.1 Å². The van der Waals surface area contributed by atoms with Crippen LogP contribution in [-0.2, 0) is 4.79 Å². The van der Waals surface area contributed by atoms with E-state index in [0.29, 0.717) is 12.3 Å². The van der Waals surface area contributed by atoms with Gasteiger partial charge < -0.3 is 10.7 Å². The van der Waals surface area contributed by atoms with Crippen molar-refractivity contribution in [3.8, 4) is 0 Å². The number of allylic oxidation sites excluding steroid dienone is 1. The third kappa shape index (κ3) is 5.56. The third-order valence-corrected chi connectivity index (χ3v) is 3.79. The first kappa shape index (κ1) is 19.0. The Balaban J connectivity index is 2.75. The summed E-state index contributed by atoms with van der Waals surface area (Å²) in [5.74, 6) is -0.286. The third-order valence-electron chi connectivity index (χ3n) is 3.36. The number of carbonyl (C=O) groups is 2. The zero-order valence-electron chi connectivity index (χ0n) is 13.5. The standard InChI is InChI=1S/C17H23N3O2S/c1-4-6-11-20(12(3)21)17(22)19-16(23)14-9-7-13(8-10-14)15(18)5-2/h5,7-10,16,18,23H,2,4,6,11H2,1,3H3,(H,19,22). The monoisotopic (exact) mass is 333 g/mol. The van der Waals surface area contributed by atoms with E-state index in [2.05, 4.69) is 24.5 Å². The van der Waals surface area contributed by atoms with Crippen LogP contribution in [0.3, 0.4) is 0 Å². The van der Waals surface area contributed by atoms with Gasteiger partial charge in [-0.1, -0.05) is 44.2 Å². The van der Waals surface area contributed by atoms with E-state index in [1.807, 2.05) is 6.92 Å². The Hall–Kier alpha value is -2.08. The maximum Gasteiger partial charge on any atom is 0.325 e. The zero-order chi connectivity index (χ0) is 17.4. The molecule has 1 atom stereocenters. The van der Waals surface area contributed by atoms with E-state index >= 15 is 0 Å². The normalized spacial score (nSPS) is 11.4. The van der Waals surface area contributed by atoms with Crippen LogP contribution in [0.4, 0.5) is 4.79 Å². The van der Waals surface area contributed by atoms with E-state index in [1.54, 1.807) is 24.3 Å². The number of nitrogens with zero attached hydrogens (tertiary/aromatic N) is 1. The van der Waals surface area contributed by atoms with Gasteiger partial charge in [-0.3, -0.25) is 9.69 Å². The molecule has 1 rings (SSSR count). The predicted octanol–water partition coefficient (Wildman–Crippen LogP) is 3.53. The number of thiol groups is 1. The van der Waals surface area contributed by atoms with Gasteiger partial charge in [-0.15, -0.1) is 12.6 Å². The smallest absolute Gasteiger partial charge is 0.322 e. The van der Waals surface area contributed by atoms with Crippen molar-refractivity contribution < 1.29 is 9.59 Å². The Morgan fingerprint density at radius 1 is 1.39 bits per heavy atom. The summed E-state index contributed by atoms with van der Waals surface area (Å²) in [6, 6.07) is 6.67. The molecule has 0 radical (unpaired) electrons. The van der Waals surface area contributed by atoms with Crippen molar-refractivity contribution >= 4 is 30.3 Å². The van der Waals surface area contributed by atoms with Crippen LogP contribution in [0.5, 0.6) is 0 Å². The second-order valence-electron chi connectivity index (χ2n) is 5.12. The number of urea groups is 1. The first-order chi connectivity index (χ1) is 10.9. The van der Waals surface area contributed by atoms with Crippen molar-refractivity contribution in [2.75, 3.05) is 6.54 Å². The summed E-state index contributed by atoms with van der Waals surface area (Å²) in [4.78, 5) is 25.0. The number of benzene rings is 1. The Labute approximate surface area is 142 Å². The van der Waals surface area contributed by atoms with Crippen molar-refractivity contribution in [2.24, 2.45) is 0 Å². The average Bonchev–Trinajstić information content (AvgIpc) is 2.54. The van der Waals surface area contributed by atoms with E-state index in [9.17, 15) is 9.59 Å². The van der Waals surface area contributed by atoms with Crippen LogP contribution < -0.4 is 5.32 Å². The minimum Gasteiger partial charge on any atom is -0.322 e. The van der Waals surface area contributed by atoms with Crippen LogP contribution >= 0.6 is 12.6 Å². The molecule has 0 fully saturated rings. The molecule has 2 N–H and O–H groups in total. The second-order valence-corrected chi connectivity index (χ2v) is 5.63. The molecule has 0 spiro atoms. The van der Waals surface area contributed by atoms with E-state index in [1.165, 1.54) is 17.9 Å². The maximum absolute atomic E-state index is 12.2. The average molecular weight is 333 g/mol. The molecule has 1 unspecified atom stereocenters. The number of unbranched alkanes of at least 4 members (excludes halogenated alkanes) is 1. The van der Waals surface area contributed by atoms with Gasteiger partial charge in [0.15, 0.2) is 0 Å². The fourth-order valence-corrected chi connectivity index (χ4v) is 2.24. The number of imide groups is 1. The predicted molar refractivity (Wildman–Crippen MR) is 96.0 cm³/mol. The first-order valence-electron chi connectivity index (χ1n) is 7.48. The molecular formula is C17H23N3O2S. The highest BCUT2D eigenvalue weighted by atomic mass is 32.1. The fraction of sp³-hybridized carbons (Fsp3) is 0.353. The molecule has 1 aromatic carbocycles. The molecule has 0 aliphatic carbocycles. The van der Waals surface area contributed by atoms with Crippen molar-refractivity contribution in [3.05, 3.63) is 48.0 Å². The van der Waals surface area contributed by atoms with Crippen LogP contribution in [0, 0.1) is 5.41 Å². The molecular weight excluding hydrogens is 310 g/mol. The molecule has 1 aromatic rings. The number of hydrogen-bond acceptors (Lipinski definition) is 4. The van der Waals surface area contributed by atoms with Gasteiger partial charge in [-0.25, -0.2) is 4.79 Å². The van der Waals surface area contributed by atoms with Gasteiger partial charge in [-0.2, -0.15) is 0 Å². The molecule has 5 nitrogen and oxygen atoms in total. The van der Waals surface area contributed by atoms with Crippen LogP contribution in [0.25, 0.3) is 0 Å². The van der Waals surface area contributed by atoms with Crippen molar-refractivity contribution in [3.63, 3.8) is 0 Å². The zero-order valence-corrected chi connectivity index (χ0v) is 14.4. The van der Waals surface area contributed by atoms with E-state index < -0.39 is 11.4 Å². The number of hydrogen-bond donors (Lipinski definition) is 3. The number of rotatable bonds is 7. The number of amides is 3. The summed E-state index contributed by atoms with van der Waals surface area (Å²) < 4.78 is 0. The van der Waals surface area contributed by atoms with Gasteiger partial charge in [0.05, 0.1) is 11.1 Å². The number of carbonyl (C=O) groups excluding carboxylic acids is 2. The summed E-state index contributed by atoms with van der Waals surface area (Å²) in [5.41, 5.74) is 1.85. The Bertz CT molecular complexity index is 584. The van der Waals surface area contributed by atoms with Gasteiger partial charge >= 0.3 is 6.03 Å². The topological polar surface area (TPSA) is 73.3 Å². The molecule has 124 valence electrons. The fourth-order valence-electron chi connectivity index (χ4n) is 1.96. The van der Waals surface area contributed by atoms with E-state index in [0.717, 1.165) is 24.0 Å². The highest BCUT2D eigenvalue weighted by molar-refractivity contribution is 7.80. The molecule has 0 aromatic heterocycles. The quantitative estimate of drug-likeness (QED) is 0.406. The Morgan fingerprint density at radius 2 is 2.00 bits per heavy atom. The van der Waals surface area contributed by atoms with Crippen molar-refractivity contribution in [2.45, 2.75) is 32.1 Å². The van der Waals surface area contributed by atoms with E-state index in [-0.39, 0.29) is 5.91 Å². The molecule has 3 amide bonds. The Kier molecular flexibility index (Phi) is 7.54. The lowest BCUT2D eigenvalue weighted by Crippen LogP contribution is -2.43. The molecule has 0 heterocycles. The minimum absolute atomic E-state index is 0.286. The number of nitrogens with one attached hydrogen (secondary N) is 2. The van der Waals surface area contributed by atoms with Gasteiger partial charge in [0.2, 0.25) is 5.91 Å². The second kappa shape index (κ2) is 9.15. The summed E-state index contributed by atoms with van der Waals surface area (Å²) in [7, 11) is 0. The van der Waals surface area contributed by atoms with Crippen LogP contribution in [0.1, 0.15) is 43.2 Å². The highest BCUT2D eigenvalue weighted by Gasteiger charge is 2.19. The molecule has 0 aliphatic rings. The molecule has 6 heteroatoms. The summed E-state index contributed by atoms with van der Waals surface area (Å²) in [6.45, 7) is 7.33. The lowest BCUT2D eigenvalue weighted by Gasteiger charge is -2.22. The lowest BCUT2D eigenvalue weighted by atomic mass is 10.1. The van der Waals surface area contributed by atoms with Crippen LogP contribution in [0.2, 0.25) is 0 Å². The molecule has 0 saturated heterocycles. The van der Waals surface area contributed by atoms with Crippen molar-refractivity contribution in [1.29, 1.82) is 5.41 Å². The highest BCUT2D eigenvalue weighted by Crippen LogP contribution is 2.18. The Morgan fingerprint density at radius 3 is 2.48 bits per heavy atom. The molecule has 0 aliphatic heterocycles. The SMILES string of the molecule is C=CC(=N)c1ccc(C(S)NC(=O)N(CCCC)C(C)=O)cc1. The minimum atomic E-state index is -0.530. The molecule has 0 bridgehead atoms. The van der Waals surface area contributed by atoms with Gasteiger partial charge in [-0.05, 0) is 23.6 Å². The first-order valence-corrected chi connectivity index (χ1v) is 8.00. The maximum atomic E-state index is 12.2. The largest absolute Gasteiger partial charge is 0.325 e. The summed E-state index contributed by atoms with van der Waals surface area (Å²) in [6.07, 6.45) is 3.13. The molecule has 0 saturated carbocycles. The van der Waals surface area contributed by atoms with Crippen molar-refractivity contribution in [1.82, 2.24) is 10.2 Å². The summed E-state index contributed by atoms with van der Waals surface area (Å²) in [5, 5.41) is 9.86.